The second-order valence-electron chi connectivity index (χ2n) is 2.97. The first-order chi connectivity index (χ1) is 4.92. The van der Waals surface area contributed by atoms with E-state index >= 15 is 0 Å². The fourth-order valence-electron chi connectivity index (χ4n) is 0.621. The van der Waals surface area contributed by atoms with Crippen LogP contribution in [-0.4, -0.2) is 19.3 Å². The fourth-order valence-corrected chi connectivity index (χ4v) is 0.621. The van der Waals surface area contributed by atoms with Crippen LogP contribution in [0.15, 0.2) is 0 Å². The first-order valence-corrected chi connectivity index (χ1v) is 3.69. The van der Waals surface area contributed by atoms with E-state index < -0.39 is 12.7 Å². The molecule has 0 aliphatic heterocycles. The maximum Gasteiger partial charge on any atom is 0.401 e. The quantitative estimate of drug-likeness (QED) is 0.636. The van der Waals surface area contributed by atoms with E-state index in [0.717, 1.165) is 6.42 Å². The van der Waals surface area contributed by atoms with E-state index in [9.17, 15) is 13.2 Å². The Hall–Kier alpha value is -0.250. The van der Waals surface area contributed by atoms with Crippen molar-refractivity contribution in [2.45, 2.75) is 26.4 Å². The smallest absolute Gasteiger partial charge is 0.309 e. The first kappa shape index (κ1) is 10.8. The van der Waals surface area contributed by atoms with Crippen LogP contribution >= 0.6 is 0 Å². The normalized spacial score (nSPS) is 12.5. The lowest BCUT2D eigenvalue weighted by atomic mass is 10.1. The van der Waals surface area contributed by atoms with Crippen molar-refractivity contribution in [2.24, 2.45) is 5.92 Å². The molecule has 0 radical (unpaired) electrons. The minimum atomic E-state index is -4.07. The monoisotopic (exact) mass is 169 g/mol. The summed E-state index contributed by atoms with van der Waals surface area (Å²) in [6.45, 7) is 3.53. The highest BCUT2D eigenvalue weighted by atomic mass is 19.4. The first-order valence-electron chi connectivity index (χ1n) is 3.69. The van der Waals surface area contributed by atoms with E-state index in [2.05, 4.69) is 5.32 Å². The van der Waals surface area contributed by atoms with Crippen molar-refractivity contribution < 1.29 is 13.2 Å². The molecule has 0 unspecified atom stereocenters. The van der Waals surface area contributed by atoms with Gasteiger partial charge < -0.3 is 5.32 Å². The van der Waals surface area contributed by atoms with Gasteiger partial charge in [0.05, 0.1) is 6.54 Å². The van der Waals surface area contributed by atoms with Crippen LogP contribution in [0.2, 0.25) is 0 Å². The van der Waals surface area contributed by atoms with Gasteiger partial charge in [-0.05, 0) is 18.9 Å². The molecule has 0 fully saturated rings. The van der Waals surface area contributed by atoms with E-state index in [4.69, 9.17) is 0 Å². The molecule has 0 atom stereocenters. The van der Waals surface area contributed by atoms with E-state index in [-0.39, 0.29) is 0 Å². The Balaban J connectivity index is 3.15. The molecule has 0 saturated heterocycles. The topological polar surface area (TPSA) is 12.0 Å². The highest BCUT2D eigenvalue weighted by molar-refractivity contribution is 4.56. The largest absolute Gasteiger partial charge is 0.401 e. The number of alkyl halides is 3. The summed E-state index contributed by atoms with van der Waals surface area (Å²) in [5.74, 6) is 0.454. The molecule has 4 heteroatoms. The van der Waals surface area contributed by atoms with Crippen molar-refractivity contribution in [1.29, 1.82) is 0 Å². The molecule has 11 heavy (non-hydrogen) atoms. The molecule has 0 heterocycles. The Kier molecular flexibility index (Phi) is 4.49. The third kappa shape index (κ3) is 9.75. The van der Waals surface area contributed by atoms with Gasteiger partial charge in [0.15, 0.2) is 0 Å². The predicted molar refractivity (Wildman–Crippen MR) is 38.4 cm³/mol. The molecule has 0 aromatic rings. The number of hydrogen-bond acceptors (Lipinski definition) is 1. The number of rotatable bonds is 4. The second kappa shape index (κ2) is 4.59. The van der Waals surface area contributed by atoms with Crippen molar-refractivity contribution in [2.75, 3.05) is 13.1 Å². The van der Waals surface area contributed by atoms with Crippen molar-refractivity contribution in [3.63, 3.8) is 0 Å². The maximum atomic E-state index is 11.5. The highest BCUT2D eigenvalue weighted by Crippen LogP contribution is 2.12. The third-order valence-electron chi connectivity index (χ3n) is 1.22. The zero-order valence-corrected chi connectivity index (χ0v) is 6.83. The Morgan fingerprint density at radius 2 is 1.82 bits per heavy atom. The third-order valence-corrected chi connectivity index (χ3v) is 1.22. The summed E-state index contributed by atoms with van der Waals surface area (Å²) >= 11 is 0. The minimum Gasteiger partial charge on any atom is -0.309 e. The Morgan fingerprint density at radius 3 is 2.18 bits per heavy atom. The summed E-state index contributed by atoms with van der Waals surface area (Å²) in [5.41, 5.74) is 0. The summed E-state index contributed by atoms with van der Waals surface area (Å²) in [4.78, 5) is 0. The zero-order valence-electron chi connectivity index (χ0n) is 6.83. The lowest BCUT2D eigenvalue weighted by molar-refractivity contribution is -0.124. The van der Waals surface area contributed by atoms with Crippen LogP contribution in [0.1, 0.15) is 20.3 Å². The molecule has 0 rings (SSSR count). The van der Waals surface area contributed by atoms with Crippen LogP contribution < -0.4 is 5.32 Å². The van der Waals surface area contributed by atoms with Gasteiger partial charge in [-0.2, -0.15) is 13.2 Å². The molecule has 0 aromatic carbocycles. The van der Waals surface area contributed by atoms with Gasteiger partial charge in [0, 0.05) is 0 Å². The molecular weight excluding hydrogens is 155 g/mol. The van der Waals surface area contributed by atoms with Crippen LogP contribution in [0.5, 0.6) is 0 Å². The van der Waals surface area contributed by atoms with Gasteiger partial charge in [0.25, 0.3) is 0 Å². The van der Waals surface area contributed by atoms with Crippen molar-refractivity contribution in [1.82, 2.24) is 5.32 Å². The molecule has 0 amide bonds. The highest BCUT2D eigenvalue weighted by Gasteiger charge is 2.25. The predicted octanol–water partition coefficient (Wildman–Crippen LogP) is 2.18. The molecule has 0 aromatic heterocycles. The Labute approximate surface area is 65.0 Å². The van der Waals surface area contributed by atoms with Gasteiger partial charge in [0.2, 0.25) is 0 Å². The van der Waals surface area contributed by atoms with Gasteiger partial charge >= 0.3 is 6.18 Å². The van der Waals surface area contributed by atoms with Crippen LogP contribution in [0.3, 0.4) is 0 Å². The molecular formula is C7H14F3N. The van der Waals surface area contributed by atoms with Gasteiger partial charge in [-0.25, -0.2) is 0 Å². The van der Waals surface area contributed by atoms with Gasteiger partial charge in [-0.15, -0.1) is 0 Å². The van der Waals surface area contributed by atoms with E-state index in [0.29, 0.717) is 12.5 Å². The fraction of sp³-hybridized carbons (Fsp3) is 1.00. The molecule has 0 aliphatic carbocycles. The maximum absolute atomic E-state index is 11.5. The van der Waals surface area contributed by atoms with E-state index in [1.165, 1.54) is 0 Å². The van der Waals surface area contributed by atoms with Crippen LogP contribution in [-0.2, 0) is 0 Å². The van der Waals surface area contributed by atoms with Crippen LogP contribution in [0, 0.1) is 5.92 Å². The second-order valence-corrected chi connectivity index (χ2v) is 2.97. The molecule has 0 spiro atoms. The minimum absolute atomic E-state index is 0.442. The Morgan fingerprint density at radius 1 is 1.27 bits per heavy atom. The standard InChI is InChI=1S/C7H14F3N/c1-6(2)3-4-11-5-7(8,9)10/h6,11H,3-5H2,1-2H3. The summed E-state index contributed by atoms with van der Waals surface area (Å²) in [6, 6.07) is 0. The van der Waals surface area contributed by atoms with Crippen molar-refractivity contribution in [3.8, 4) is 0 Å². The SMILES string of the molecule is CC(C)CCNCC(F)(F)F. The molecule has 68 valence electrons. The van der Waals surface area contributed by atoms with Gasteiger partial charge in [-0.1, -0.05) is 13.8 Å². The van der Waals surface area contributed by atoms with E-state index in [1.54, 1.807) is 0 Å². The lowest BCUT2D eigenvalue weighted by Crippen LogP contribution is -2.29. The summed E-state index contributed by atoms with van der Waals surface area (Å²) < 4.78 is 34.6. The zero-order chi connectivity index (χ0) is 8.91. The lowest BCUT2D eigenvalue weighted by Gasteiger charge is -2.08. The average molecular weight is 169 g/mol. The number of halogens is 3. The van der Waals surface area contributed by atoms with Crippen molar-refractivity contribution in [3.05, 3.63) is 0 Å². The van der Waals surface area contributed by atoms with Crippen LogP contribution in [0.25, 0.3) is 0 Å². The molecule has 0 aliphatic rings. The molecule has 1 N–H and O–H groups in total. The van der Waals surface area contributed by atoms with E-state index in [1.807, 2.05) is 13.8 Å². The number of hydrogen-bond donors (Lipinski definition) is 1. The Bertz CT molecular complexity index is 98.3. The van der Waals surface area contributed by atoms with Crippen molar-refractivity contribution >= 4 is 0 Å². The van der Waals surface area contributed by atoms with Gasteiger partial charge in [0.1, 0.15) is 0 Å². The molecule has 0 saturated carbocycles. The molecule has 1 nitrogen and oxygen atoms in total. The summed E-state index contributed by atoms with van der Waals surface area (Å²) in [6.07, 6.45) is -3.28. The average Bonchev–Trinajstić information content (AvgIpc) is 1.78. The molecule has 0 bridgehead atoms. The summed E-state index contributed by atoms with van der Waals surface area (Å²) in [7, 11) is 0. The van der Waals surface area contributed by atoms with Gasteiger partial charge in [-0.3, -0.25) is 0 Å². The summed E-state index contributed by atoms with van der Waals surface area (Å²) in [5, 5.41) is 2.33. The van der Waals surface area contributed by atoms with Crippen LogP contribution in [0.4, 0.5) is 13.2 Å². The number of nitrogens with one attached hydrogen (secondary N) is 1.